The van der Waals surface area contributed by atoms with Crippen molar-refractivity contribution in [3.8, 4) is 28.7 Å². The van der Waals surface area contributed by atoms with Gasteiger partial charge in [0.2, 0.25) is 47.3 Å². The second kappa shape index (κ2) is 45.1. The van der Waals surface area contributed by atoms with Crippen LogP contribution in [0, 0.1) is 11.8 Å². The van der Waals surface area contributed by atoms with E-state index in [-0.39, 0.29) is 102 Å². The van der Waals surface area contributed by atoms with Gasteiger partial charge >= 0.3 is 12.0 Å². The maximum Gasteiger partial charge on any atom is 0.332 e. The summed E-state index contributed by atoms with van der Waals surface area (Å²) in [6.45, 7) is 3.58. The first-order chi connectivity index (χ1) is 64.0. The fraction of sp³-hybridized carbons (Fsp3) is 0.375. The summed E-state index contributed by atoms with van der Waals surface area (Å²) in [7, 11) is 3.19. The number of rotatable bonds is 43. The number of likely N-dealkylation sites (tertiary alicyclic amines) is 1. The molecule has 9 aromatic rings. The molecule has 3 aromatic heterocycles. The van der Waals surface area contributed by atoms with Gasteiger partial charge in [-0.15, -0.1) is 0 Å². The number of hydrogen-bond acceptors (Lipinski definition) is 24. The lowest BCUT2D eigenvalue weighted by Crippen LogP contribution is -2.55. The van der Waals surface area contributed by atoms with E-state index in [1.807, 2.05) is 121 Å². The SMILES string of the molecule is COc1ccc(C#CCNC2(C)CCN(C3CCN(c4nc([C@@](COCNC(=O)CNC(=O)[C@H](Cc5ccccc5)NC(=O)CNC(=O)CNC(=O)CCOCCOCCN5C(=O)C(Sc6ccccc6)=C(Sc6ccccc6)C5=O)(OC5CC5)c5ccccc5)c5cc(-c6cn(C)c(=O)c7[nH]ccc67)ccc5n4)CC3)CC2)cc1N1CCC(=O)N(CNC(=O)CCC(=O)O)C1=O. The smallest absolute Gasteiger partial charge is 0.332 e. The number of imide groups is 2. The molecule has 2 atom stereocenters. The number of carbonyl (C=O) groups is 11. The first kappa shape index (κ1) is 95.0. The Morgan fingerprint density at radius 2 is 1.29 bits per heavy atom. The number of H-pyrrole nitrogens is 1. The average molecular weight is 1840 g/mol. The lowest BCUT2D eigenvalue weighted by atomic mass is 9.87. The summed E-state index contributed by atoms with van der Waals surface area (Å²) in [5.41, 5.74) is 3.86. The molecule has 14 rings (SSSR count). The minimum absolute atomic E-state index is 0.00456. The van der Waals surface area contributed by atoms with Crippen molar-refractivity contribution in [3.63, 3.8) is 0 Å². The molecule has 0 bridgehead atoms. The van der Waals surface area contributed by atoms with Crippen LogP contribution in [0.4, 0.5) is 16.4 Å². The number of aromatic nitrogens is 4. The Balaban J connectivity index is 0.565. The number of aryl methyl sites for hydroxylation is 1. The molecule has 1 saturated carbocycles. The van der Waals surface area contributed by atoms with Crippen LogP contribution in [-0.2, 0) is 86.0 Å². The lowest BCUT2D eigenvalue weighted by Gasteiger charge is -2.45. The van der Waals surface area contributed by atoms with Crippen LogP contribution in [-0.4, -0.2) is 247 Å². The number of ether oxygens (including phenoxy) is 5. The zero-order valence-electron chi connectivity index (χ0n) is 73.6. The summed E-state index contributed by atoms with van der Waals surface area (Å²) >= 11 is 2.48. The number of pyridine rings is 1. The lowest BCUT2D eigenvalue weighted by molar-refractivity contribution is -0.139. The van der Waals surface area contributed by atoms with E-state index in [1.165, 1.54) is 40.4 Å². The molecule has 34 nitrogen and oxygen atoms in total. The number of hydrogen-bond donors (Lipinski definition) is 9. The number of benzene rings is 6. The van der Waals surface area contributed by atoms with Gasteiger partial charge in [-0.25, -0.2) is 19.7 Å². The number of nitrogens with one attached hydrogen (secondary N) is 8. The van der Waals surface area contributed by atoms with Crippen molar-refractivity contribution in [1.82, 2.24) is 71.4 Å². The van der Waals surface area contributed by atoms with Gasteiger partial charge in [-0.1, -0.05) is 138 Å². The number of nitrogens with zero attached hydrogens (tertiary/aromatic N) is 8. The highest BCUT2D eigenvalue weighted by Gasteiger charge is 2.46. The zero-order valence-corrected chi connectivity index (χ0v) is 75.2. The molecule has 7 heterocycles. The Labute approximate surface area is 770 Å². The molecule has 1 aliphatic carbocycles. The van der Waals surface area contributed by atoms with Crippen LogP contribution < -0.4 is 57.3 Å². The number of fused-ring (bicyclic) bond motifs is 2. The number of thioether (sulfide) groups is 2. The van der Waals surface area contributed by atoms with Crippen LogP contribution in [0.5, 0.6) is 5.75 Å². The van der Waals surface area contributed by atoms with E-state index in [0.29, 0.717) is 80.1 Å². The fourth-order valence-electron chi connectivity index (χ4n) is 16.0. The number of methoxy groups -OCH3 is 1. The average Bonchev–Trinajstić information content (AvgIpc) is 0.915. The van der Waals surface area contributed by atoms with Crippen LogP contribution in [0.1, 0.15) is 93.5 Å². The largest absolute Gasteiger partial charge is 0.495 e. The topological polar surface area (TPSA) is 418 Å². The third-order valence-corrected chi connectivity index (χ3v) is 25.7. The van der Waals surface area contributed by atoms with Gasteiger partial charge in [0.25, 0.3) is 17.4 Å². The second-order valence-corrected chi connectivity index (χ2v) is 34.9. The van der Waals surface area contributed by atoms with Gasteiger partial charge in [-0.05, 0) is 123 Å². The number of anilines is 2. The van der Waals surface area contributed by atoms with E-state index in [9.17, 15) is 57.5 Å². The van der Waals surface area contributed by atoms with Crippen molar-refractivity contribution in [3.05, 3.63) is 219 Å². The first-order valence-corrected chi connectivity index (χ1v) is 45.6. The maximum atomic E-state index is 14.1. The number of carboxylic acids is 1. The van der Waals surface area contributed by atoms with Gasteiger partial charge in [-0.2, -0.15) is 0 Å². The van der Waals surface area contributed by atoms with Crippen LogP contribution in [0.2, 0.25) is 0 Å². The van der Waals surface area contributed by atoms with Crippen molar-refractivity contribution in [2.45, 2.75) is 117 Å². The van der Waals surface area contributed by atoms with Crippen molar-refractivity contribution < 1.29 is 81.5 Å². The Hall–Kier alpha value is -13.1. The minimum atomic E-state index is -1.42. The molecular weight excluding hydrogens is 1730 g/mol. The normalized spacial score (nSPS) is 16.1. The standard InChI is InChI=1S/C96H106N16O18S2/c1-95(103-41-16-19-64-26-31-77(126-3)76(54-64)110-45-37-83(118)112(94(110)125)61-101-78(113)32-33-84(119)120)39-46-108(47-40-95)67-35-43-109(44-36-67)93-105-74-30-27-65(73-59-107(2)90(122)85-71(73)34-42-97-85)55-72(74)88(106-93)96(130-68-28-29-68,66-20-10-5-11-21-66)60-129-62-102-81(116)57-100-89(121)75(53-63-17-8-4-9-18-63)104-82(117)58-99-80(115)56-98-79(114)38-49-127-51-52-128-50-48-111-91(123)86(131-69-22-12-6-13-23-69)87(92(111)124)132-70-24-14-7-15-25-70/h4-15,17-18,20-27,30-31,34,42,54-55,59,67-68,75,97,103H,28-29,32-33,35-41,43-53,56-58,60-62H2,1-3H3,(H,98,114)(H,99,115)(H,100,121)(H,101,113)(H,102,116)(H,104,117)(H,119,120)/t75-,96-/m0/s1. The number of carbonyl (C=O) groups excluding carboxylic acids is 10. The van der Waals surface area contributed by atoms with Crippen molar-refractivity contribution in [1.29, 1.82) is 0 Å². The number of urea groups is 1. The first-order valence-electron chi connectivity index (χ1n) is 43.9. The fourth-order valence-corrected chi connectivity index (χ4v) is 18.1. The molecular formula is C96H106N16O18S2. The molecule has 6 aromatic carbocycles. The second-order valence-electron chi connectivity index (χ2n) is 32.8. The van der Waals surface area contributed by atoms with E-state index in [2.05, 4.69) is 70.8 Å². The van der Waals surface area contributed by atoms with Crippen LogP contribution in [0.3, 0.4) is 0 Å². The van der Waals surface area contributed by atoms with Gasteiger partial charge in [-0.3, -0.25) is 62.5 Å². The molecule has 4 aliphatic heterocycles. The summed E-state index contributed by atoms with van der Waals surface area (Å²) in [5, 5.41) is 29.6. The molecule has 0 unspecified atom stereocenters. The molecule has 132 heavy (non-hydrogen) atoms. The summed E-state index contributed by atoms with van der Waals surface area (Å²) < 4.78 is 32.4. The highest BCUT2D eigenvalue weighted by Crippen LogP contribution is 2.46. The highest BCUT2D eigenvalue weighted by molar-refractivity contribution is 8.08. The Kier molecular flexibility index (Phi) is 32.5. The van der Waals surface area contributed by atoms with E-state index in [1.54, 1.807) is 66.3 Å². The van der Waals surface area contributed by atoms with Crippen molar-refractivity contribution in [2.75, 3.05) is 129 Å². The molecule has 9 N–H and O–H groups in total. The van der Waals surface area contributed by atoms with E-state index in [4.69, 9.17) is 38.8 Å². The number of carboxylic acid groups (broad SMARTS) is 1. The summed E-state index contributed by atoms with van der Waals surface area (Å²) in [6, 6.07) is 48.8. The number of aromatic amines is 1. The molecule has 11 amide bonds. The van der Waals surface area contributed by atoms with Gasteiger partial charge < -0.3 is 85.4 Å². The molecule has 690 valence electrons. The molecule has 0 radical (unpaired) electrons. The third kappa shape index (κ3) is 24.7. The Morgan fingerprint density at radius 1 is 0.644 bits per heavy atom. The minimum Gasteiger partial charge on any atom is -0.495 e. The van der Waals surface area contributed by atoms with Crippen LogP contribution in [0.25, 0.3) is 32.9 Å². The highest BCUT2D eigenvalue weighted by atomic mass is 32.2. The van der Waals surface area contributed by atoms with Gasteiger partial charge in [0.05, 0.1) is 112 Å². The molecule has 4 fully saturated rings. The third-order valence-electron chi connectivity index (χ3n) is 23.4. The van der Waals surface area contributed by atoms with E-state index in [0.717, 1.165) is 88.4 Å². The van der Waals surface area contributed by atoms with Crippen molar-refractivity contribution in [2.24, 2.45) is 7.05 Å². The quantitative estimate of drug-likeness (QED) is 0.00787. The van der Waals surface area contributed by atoms with Gasteiger partial charge in [0.15, 0.2) is 5.60 Å². The van der Waals surface area contributed by atoms with Gasteiger partial charge in [0, 0.05) is 121 Å². The number of aliphatic carboxylic acids is 1. The molecule has 3 saturated heterocycles. The predicted molar refractivity (Wildman–Crippen MR) is 494 cm³/mol. The number of amides is 11. The molecule has 5 aliphatic rings. The predicted octanol–water partition coefficient (Wildman–Crippen LogP) is 7.22. The number of piperidine rings is 2. The monoisotopic (exact) mass is 1830 g/mol. The van der Waals surface area contributed by atoms with Crippen LogP contribution >= 0.6 is 23.5 Å². The van der Waals surface area contributed by atoms with Crippen molar-refractivity contribution >= 4 is 122 Å². The zero-order chi connectivity index (χ0) is 92.7. The summed E-state index contributed by atoms with van der Waals surface area (Å²) in [4.78, 5) is 182. The summed E-state index contributed by atoms with van der Waals surface area (Å²) in [6.07, 6.45) is 7.55. The van der Waals surface area contributed by atoms with E-state index >= 15 is 0 Å². The Bertz CT molecular complexity index is 5800. The van der Waals surface area contributed by atoms with Crippen LogP contribution in [0.15, 0.2) is 201 Å². The Morgan fingerprint density at radius 3 is 1.97 bits per heavy atom. The maximum absolute atomic E-state index is 14.1. The van der Waals surface area contributed by atoms with E-state index < -0.39 is 110 Å². The summed E-state index contributed by atoms with van der Waals surface area (Å²) in [5.74, 6) is 1.16. The molecule has 0 spiro atoms. The molecule has 36 heteroatoms. The van der Waals surface area contributed by atoms with Gasteiger partial charge in [0.1, 0.15) is 30.7 Å².